The maximum atomic E-state index is 12.4. The summed E-state index contributed by atoms with van der Waals surface area (Å²) in [4.78, 5) is 13.8. The number of ether oxygens (including phenoxy) is 2. The van der Waals surface area contributed by atoms with Crippen molar-refractivity contribution in [1.29, 1.82) is 0 Å². The molecule has 0 aromatic heterocycles. The van der Waals surface area contributed by atoms with Crippen LogP contribution >= 0.6 is 11.6 Å². The Bertz CT molecular complexity index is 712. The standard InChI is InChI=1S/C18H18ClF2NO3/c1-22(10-5-11-24-14-7-4-6-13(19)12-14)17(23)15-8-2-3-9-16(15)25-18(20)21/h2-4,6-9,12,18H,5,10-11H2,1H3. The lowest BCUT2D eigenvalue weighted by Gasteiger charge is -2.19. The van der Waals surface area contributed by atoms with Crippen molar-refractivity contribution in [3.05, 3.63) is 59.1 Å². The molecule has 0 heterocycles. The first-order valence-electron chi connectivity index (χ1n) is 7.65. The molecular formula is C18H18ClF2NO3. The normalized spacial score (nSPS) is 10.6. The molecule has 0 fully saturated rings. The number of amides is 1. The first-order chi connectivity index (χ1) is 12.0. The van der Waals surface area contributed by atoms with Gasteiger partial charge in [-0.25, -0.2) is 0 Å². The lowest BCUT2D eigenvalue weighted by Crippen LogP contribution is -2.29. The Labute approximate surface area is 149 Å². The Hall–Kier alpha value is -2.34. The minimum absolute atomic E-state index is 0.0982. The number of nitrogens with zero attached hydrogens (tertiary/aromatic N) is 1. The third kappa shape index (κ3) is 5.90. The van der Waals surface area contributed by atoms with E-state index < -0.39 is 6.61 Å². The average molecular weight is 370 g/mol. The molecule has 0 radical (unpaired) electrons. The van der Waals surface area contributed by atoms with Crippen LogP contribution in [0.25, 0.3) is 0 Å². The summed E-state index contributed by atoms with van der Waals surface area (Å²) in [7, 11) is 1.60. The summed E-state index contributed by atoms with van der Waals surface area (Å²) in [5, 5.41) is 0.584. The molecule has 0 atom stereocenters. The molecule has 0 unspecified atom stereocenters. The molecule has 0 bridgehead atoms. The Morgan fingerprint density at radius 1 is 1.20 bits per heavy atom. The SMILES string of the molecule is CN(CCCOc1cccc(Cl)c1)C(=O)c1ccccc1OC(F)F. The lowest BCUT2D eigenvalue weighted by molar-refractivity contribution is -0.0502. The van der Waals surface area contributed by atoms with E-state index in [0.29, 0.717) is 30.3 Å². The first-order valence-corrected chi connectivity index (χ1v) is 8.03. The molecular weight excluding hydrogens is 352 g/mol. The highest BCUT2D eigenvalue weighted by Gasteiger charge is 2.18. The minimum Gasteiger partial charge on any atom is -0.493 e. The van der Waals surface area contributed by atoms with Crippen LogP contribution in [0.3, 0.4) is 0 Å². The highest BCUT2D eigenvalue weighted by Crippen LogP contribution is 2.22. The minimum atomic E-state index is -2.98. The van der Waals surface area contributed by atoms with E-state index in [1.807, 2.05) is 0 Å². The van der Waals surface area contributed by atoms with Gasteiger partial charge in [-0.1, -0.05) is 29.8 Å². The maximum absolute atomic E-state index is 12.4. The monoisotopic (exact) mass is 369 g/mol. The van der Waals surface area contributed by atoms with Gasteiger partial charge in [0.15, 0.2) is 0 Å². The molecule has 0 aliphatic carbocycles. The van der Waals surface area contributed by atoms with Crippen molar-refractivity contribution >= 4 is 17.5 Å². The second-order valence-corrected chi connectivity index (χ2v) is 5.70. The number of halogens is 3. The van der Waals surface area contributed by atoms with Gasteiger partial charge in [0.1, 0.15) is 11.5 Å². The van der Waals surface area contributed by atoms with Crippen molar-refractivity contribution in [2.75, 3.05) is 20.2 Å². The van der Waals surface area contributed by atoms with Gasteiger partial charge in [0.25, 0.3) is 5.91 Å². The predicted octanol–water partition coefficient (Wildman–Crippen LogP) is 4.48. The van der Waals surface area contributed by atoms with E-state index in [1.54, 1.807) is 37.4 Å². The van der Waals surface area contributed by atoms with Crippen molar-refractivity contribution in [2.24, 2.45) is 0 Å². The van der Waals surface area contributed by atoms with E-state index >= 15 is 0 Å². The molecule has 1 amide bonds. The molecule has 0 aliphatic heterocycles. The number of para-hydroxylation sites is 1. The summed E-state index contributed by atoms with van der Waals surface area (Å²) < 4.78 is 34.8. The highest BCUT2D eigenvalue weighted by molar-refractivity contribution is 6.30. The van der Waals surface area contributed by atoms with E-state index in [2.05, 4.69) is 4.74 Å². The van der Waals surface area contributed by atoms with Crippen molar-refractivity contribution in [3.8, 4) is 11.5 Å². The molecule has 0 N–H and O–H groups in total. The van der Waals surface area contributed by atoms with E-state index in [4.69, 9.17) is 16.3 Å². The predicted molar refractivity (Wildman–Crippen MR) is 91.6 cm³/mol. The largest absolute Gasteiger partial charge is 0.493 e. The molecule has 0 spiro atoms. The molecule has 0 saturated heterocycles. The summed E-state index contributed by atoms with van der Waals surface area (Å²) in [6, 6.07) is 13.0. The van der Waals surface area contributed by atoms with Gasteiger partial charge in [-0.2, -0.15) is 8.78 Å². The summed E-state index contributed by atoms with van der Waals surface area (Å²) in [5.41, 5.74) is 0.0982. The van der Waals surface area contributed by atoms with Crippen LogP contribution in [0.4, 0.5) is 8.78 Å². The topological polar surface area (TPSA) is 38.8 Å². The number of carbonyl (C=O) groups excluding carboxylic acids is 1. The number of hydrogen-bond donors (Lipinski definition) is 0. The summed E-state index contributed by atoms with van der Waals surface area (Å²) in [6.07, 6.45) is 0.576. The summed E-state index contributed by atoms with van der Waals surface area (Å²) in [5.74, 6) is 0.126. The van der Waals surface area contributed by atoms with Gasteiger partial charge in [0.05, 0.1) is 12.2 Å². The number of alkyl halides is 2. The van der Waals surface area contributed by atoms with Crippen LogP contribution in [0.1, 0.15) is 16.8 Å². The molecule has 2 aromatic carbocycles. The van der Waals surface area contributed by atoms with Crippen LogP contribution in [0, 0.1) is 0 Å². The van der Waals surface area contributed by atoms with Gasteiger partial charge < -0.3 is 14.4 Å². The molecule has 2 rings (SSSR count). The lowest BCUT2D eigenvalue weighted by atomic mass is 10.1. The van der Waals surface area contributed by atoms with E-state index in [1.165, 1.54) is 23.1 Å². The first kappa shape index (κ1) is 19.0. The number of carbonyl (C=O) groups is 1. The third-order valence-electron chi connectivity index (χ3n) is 3.38. The van der Waals surface area contributed by atoms with E-state index in [9.17, 15) is 13.6 Å². The van der Waals surface area contributed by atoms with Crippen molar-refractivity contribution in [3.63, 3.8) is 0 Å². The Morgan fingerprint density at radius 2 is 1.96 bits per heavy atom. The van der Waals surface area contributed by atoms with E-state index in [-0.39, 0.29) is 17.2 Å². The van der Waals surface area contributed by atoms with Crippen LogP contribution in [0.5, 0.6) is 11.5 Å². The van der Waals surface area contributed by atoms with Crippen molar-refractivity contribution in [2.45, 2.75) is 13.0 Å². The van der Waals surface area contributed by atoms with Gasteiger partial charge in [0, 0.05) is 18.6 Å². The highest BCUT2D eigenvalue weighted by atomic mass is 35.5. The van der Waals surface area contributed by atoms with Gasteiger partial charge >= 0.3 is 6.61 Å². The van der Waals surface area contributed by atoms with Gasteiger partial charge in [0.2, 0.25) is 0 Å². The van der Waals surface area contributed by atoms with Crippen molar-refractivity contribution < 1.29 is 23.0 Å². The molecule has 2 aromatic rings. The van der Waals surface area contributed by atoms with Gasteiger partial charge in [-0.3, -0.25) is 4.79 Å². The second-order valence-electron chi connectivity index (χ2n) is 5.26. The smallest absolute Gasteiger partial charge is 0.387 e. The number of benzene rings is 2. The number of rotatable bonds is 8. The van der Waals surface area contributed by atoms with Crippen LogP contribution in [-0.4, -0.2) is 37.6 Å². The van der Waals surface area contributed by atoms with Gasteiger partial charge in [-0.05, 0) is 36.8 Å². The Balaban J connectivity index is 1.86. The number of hydrogen-bond acceptors (Lipinski definition) is 3. The van der Waals surface area contributed by atoms with Crippen molar-refractivity contribution in [1.82, 2.24) is 4.90 Å². The average Bonchev–Trinajstić information content (AvgIpc) is 2.58. The van der Waals surface area contributed by atoms with E-state index in [0.717, 1.165) is 0 Å². The van der Waals surface area contributed by atoms with Crippen LogP contribution < -0.4 is 9.47 Å². The molecule has 0 aliphatic rings. The van der Waals surface area contributed by atoms with Gasteiger partial charge in [-0.15, -0.1) is 0 Å². The zero-order chi connectivity index (χ0) is 18.2. The third-order valence-corrected chi connectivity index (χ3v) is 3.62. The summed E-state index contributed by atoms with van der Waals surface area (Å²) >= 11 is 5.87. The molecule has 134 valence electrons. The fourth-order valence-corrected chi connectivity index (χ4v) is 2.38. The Kier molecular flexibility index (Phi) is 7.01. The molecule has 4 nitrogen and oxygen atoms in total. The molecule has 7 heteroatoms. The van der Waals surface area contributed by atoms with Crippen LogP contribution in [-0.2, 0) is 0 Å². The summed E-state index contributed by atoms with van der Waals surface area (Å²) in [6.45, 7) is -2.18. The molecule has 0 saturated carbocycles. The quantitative estimate of drug-likeness (QED) is 0.644. The zero-order valence-corrected chi connectivity index (χ0v) is 14.4. The van der Waals surface area contributed by atoms with Crippen LogP contribution in [0.2, 0.25) is 5.02 Å². The second kappa shape index (κ2) is 9.22. The maximum Gasteiger partial charge on any atom is 0.387 e. The fourth-order valence-electron chi connectivity index (χ4n) is 2.20. The zero-order valence-electron chi connectivity index (χ0n) is 13.6. The molecule has 25 heavy (non-hydrogen) atoms. The fraction of sp³-hybridized carbons (Fsp3) is 0.278. The Morgan fingerprint density at radius 3 is 2.68 bits per heavy atom. The van der Waals surface area contributed by atoms with Crippen LogP contribution in [0.15, 0.2) is 48.5 Å².